The fourth-order valence-electron chi connectivity index (χ4n) is 1.33. The standard InChI is InChI=1S/C10H14O4/c1-4-7-8(5-6-9(11)12)14-10(2,3)13-7/h4-8H,1H2,2-3H3,(H,11,12)/b6-5-/t7-,8+/m1/s1. The second kappa shape index (κ2) is 3.94. The summed E-state index contributed by atoms with van der Waals surface area (Å²) in [6.45, 7) is 7.15. The van der Waals surface area contributed by atoms with Crippen LogP contribution in [0.1, 0.15) is 13.8 Å². The monoisotopic (exact) mass is 198 g/mol. The molecule has 2 atom stereocenters. The number of carbonyl (C=O) groups is 1. The molecule has 0 aromatic heterocycles. The van der Waals surface area contributed by atoms with E-state index in [-0.39, 0.29) is 12.2 Å². The highest BCUT2D eigenvalue weighted by Gasteiger charge is 2.38. The van der Waals surface area contributed by atoms with Gasteiger partial charge in [0.1, 0.15) is 12.2 Å². The maximum absolute atomic E-state index is 10.3. The average molecular weight is 198 g/mol. The Morgan fingerprint density at radius 1 is 1.43 bits per heavy atom. The molecule has 0 aliphatic carbocycles. The van der Waals surface area contributed by atoms with Crippen molar-refractivity contribution in [1.82, 2.24) is 0 Å². The summed E-state index contributed by atoms with van der Waals surface area (Å²) in [5, 5.41) is 8.45. The van der Waals surface area contributed by atoms with Crippen molar-refractivity contribution in [1.29, 1.82) is 0 Å². The molecule has 1 aliphatic heterocycles. The van der Waals surface area contributed by atoms with Crippen LogP contribution in [0.2, 0.25) is 0 Å². The third-order valence-corrected chi connectivity index (χ3v) is 1.82. The minimum Gasteiger partial charge on any atom is -0.478 e. The van der Waals surface area contributed by atoms with E-state index in [1.807, 2.05) is 0 Å². The Morgan fingerprint density at radius 3 is 2.50 bits per heavy atom. The van der Waals surface area contributed by atoms with E-state index in [4.69, 9.17) is 14.6 Å². The van der Waals surface area contributed by atoms with E-state index in [9.17, 15) is 4.79 Å². The Balaban J connectivity index is 2.69. The van der Waals surface area contributed by atoms with E-state index in [0.717, 1.165) is 6.08 Å². The molecule has 0 unspecified atom stereocenters. The maximum atomic E-state index is 10.3. The summed E-state index contributed by atoms with van der Waals surface area (Å²) >= 11 is 0. The Labute approximate surface area is 82.8 Å². The Bertz CT molecular complexity index is 267. The molecule has 0 aromatic rings. The number of hydrogen-bond donors (Lipinski definition) is 1. The summed E-state index contributed by atoms with van der Waals surface area (Å²) in [6.07, 6.45) is 3.44. The predicted molar refractivity (Wildman–Crippen MR) is 50.8 cm³/mol. The smallest absolute Gasteiger partial charge is 0.328 e. The van der Waals surface area contributed by atoms with Gasteiger partial charge in [0.2, 0.25) is 0 Å². The van der Waals surface area contributed by atoms with Gasteiger partial charge >= 0.3 is 5.97 Å². The first kappa shape index (κ1) is 10.9. The minimum absolute atomic E-state index is 0.291. The Kier molecular flexibility index (Phi) is 3.08. The molecular formula is C10H14O4. The van der Waals surface area contributed by atoms with Crippen LogP contribution in [0.25, 0.3) is 0 Å². The van der Waals surface area contributed by atoms with Crippen LogP contribution >= 0.6 is 0 Å². The molecule has 0 bridgehead atoms. The first-order valence-corrected chi connectivity index (χ1v) is 4.34. The third kappa shape index (κ3) is 2.68. The van der Waals surface area contributed by atoms with Gasteiger partial charge in [-0.25, -0.2) is 4.79 Å². The summed E-state index contributed by atoms with van der Waals surface area (Å²) in [7, 11) is 0. The van der Waals surface area contributed by atoms with Crippen LogP contribution < -0.4 is 0 Å². The summed E-state index contributed by atoms with van der Waals surface area (Å²) in [5.74, 6) is -1.69. The molecule has 1 N–H and O–H groups in total. The molecule has 4 nitrogen and oxygen atoms in total. The van der Waals surface area contributed by atoms with E-state index < -0.39 is 11.8 Å². The Morgan fingerprint density at radius 2 is 2.00 bits per heavy atom. The lowest BCUT2D eigenvalue weighted by Gasteiger charge is -2.15. The van der Waals surface area contributed by atoms with E-state index >= 15 is 0 Å². The van der Waals surface area contributed by atoms with Crippen molar-refractivity contribution in [2.24, 2.45) is 0 Å². The number of aliphatic carboxylic acids is 1. The van der Waals surface area contributed by atoms with Crippen molar-refractivity contribution in [2.45, 2.75) is 31.8 Å². The third-order valence-electron chi connectivity index (χ3n) is 1.82. The van der Waals surface area contributed by atoms with E-state index in [1.54, 1.807) is 19.9 Å². The summed E-state index contributed by atoms with van der Waals surface area (Å²) < 4.78 is 10.9. The van der Waals surface area contributed by atoms with Crippen molar-refractivity contribution in [3.8, 4) is 0 Å². The molecule has 1 aliphatic rings. The van der Waals surface area contributed by atoms with E-state index in [2.05, 4.69) is 6.58 Å². The lowest BCUT2D eigenvalue weighted by atomic mass is 10.2. The highest BCUT2D eigenvalue weighted by molar-refractivity contribution is 5.79. The number of ether oxygens (including phenoxy) is 2. The lowest BCUT2D eigenvalue weighted by Crippen LogP contribution is -2.20. The van der Waals surface area contributed by atoms with Gasteiger partial charge in [0.05, 0.1) is 0 Å². The molecule has 0 amide bonds. The summed E-state index contributed by atoms with van der Waals surface area (Å²) in [5.41, 5.74) is 0. The van der Waals surface area contributed by atoms with E-state index in [1.165, 1.54) is 6.08 Å². The second-order valence-corrected chi connectivity index (χ2v) is 3.50. The van der Waals surface area contributed by atoms with Gasteiger partial charge in [-0.05, 0) is 19.9 Å². The molecule has 4 heteroatoms. The van der Waals surface area contributed by atoms with Crippen LogP contribution in [-0.4, -0.2) is 29.1 Å². The van der Waals surface area contributed by atoms with Crippen molar-refractivity contribution in [3.63, 3.8) is 0 Å². The highest BCUT2D eigenvalue weighted by atomic mass is 16.7. The van der Waals surface area contributed by atoms with Crippen LogP contribution in [0.3, 0.4) is 0 Å². The van der Waals surface area contributed by atoms with Gasteiger partial charge in [0.25, 0.3) is 0 Å². The number of rotatable bonds is 3. The normalized spacial score (nSPS) is 30.7. The molecule has 1 saturated heterocycles. The van der Waals surface area contributed by atoms with Crippen molar-refractivity contribution in [2.75, 3.05) is 0 Å². The van der Waals surface area contributed by atoms with Crippen LogP contribution in [-0.2, 0) is 14.3 Å². The average Bonchev–Trinajstić information content (AvgIpc) is 2.37. The molecule has 0 radical (unpaired) electrons. The zero-order chi connectivity index (χ0) is 10.8. The molecule has 0 spiro atoms. The zero-order valence-electron chi connectivity index (χ0n) is 8.27. The first-order chi connectivity index (χ1) is 6.44. The lowest BCUT2D eigenvalue weighted by molar-refractivity contribution is -0.139. The molecule has 0 aromatic carbocycles. The molecular weight excluding hydrogens is 184 g/mol. The fourth-order valence-corrected chi connectivity index (χ4v) is 1.33. The Hall–Kier alpha value is -1.13. The topological polar surface area (TPSA) is 55.8 Å². The van der Waals surface area contributed by atoms with Crippen molar-refractivity contribution < 1.29 is 19.4 Å². The molecule has 78 valence electrons. The zero-order valence-corrected chi connectivity index (χ0v) is 8.27. The molecule has 1 heterocycles. The molecule has 14 heavy (non-hydrogen) atoms. The van der Waals surface area contributed by atoms with Crippen LogP contribution in [0.5, 0.6) is 0 Å². The van der Waals surface area contributed by atoms with E-state index in [0.29, 0.717) is 0 Å². The minimum atomic E-state index is -0.999. The largest absolute Gasteiger partial charge is 0.478 e. The van der Waals surface area contributed by atoms with Crippen molar-refractivity contribution in [3.05, 3.63) is 24.8 Å². The van der Waals surface area contributed by atoms with Gasteiger partial charge in [-0.2, -0.15) is 0 Å². The quantitative estimate of drug-likeness (QED) is 0.549. The maximum Gasteiger partial charge on any atom is 0.328 e. The SMILES string of the molecule is C=C[C@H]1OC(C)(C)O[C@H]1/C=C\C(=O)O. The van der Waals surface area contributed by atoms with Crippen LogP contribution in [0, 0.1) is 0 Å². The van der Waals surface area contributed by atoms with Crippen LogP contribution in [0.4, 0.5) is 0 Å². The first-order valence-electron chi connectivity index (χ1n) is 4.34. The summed E-state index contributed by atoms with van der Waals surface area (Å²) in [4.78, 5) is 10.3. The number of hydrogen-bond acceptors (Lipinski definition) is 3. The van der Waals surface area contributed by atoms with Gasteiger partial charge in [-0.1, -0.05) is 6.08 Å². The second-order valence-electron chi connectivity index (χ2n) is 3.50. The fraction of sp³-hybridized carbons (Fsp3) is 0.500. The van der Waals surface area contributed by atoms with Crippen molar-refractivity contribution >= 4 is 5.97 Å². The molecule has 1 rings (SSSR count). The van der Waals surface area contributed by atoms with Gasteiger partial charge in [0.15, 0.2) is 5.79 Å². The van der Waals surface area contributed by atoms with Gasteiger partial charge in [-0.15, -0.1) is 6.58 Å². The molecule has 0 saturated carbocycles. The highest BCUT2D eigenvalue weighted by Crippen LogP contribution is 2.29. The number of carboxylic acid groups (broad SMARTS) is 1. The number of carboxylic acids is 1. The molecule has 1 fully saturated rings. The van der Waals surface area contributed by atoms with Gasteiger partial charge in [-0.3, -0.25) is 0 Å². The summed E-state index contributed by atoms with van der Waals surface area (Å²) in [6, 6.07) is 0. The van der Waals surface area contributed by atoms with Gasteiger partial charge < -0.3 is 14.6 Å². The van der Waals surface area contributed by atoms with Crippen LogP contribution in [0.15, 0.2) is 24.8 Å². The predicted octanol–water partition coefficient (Wildman–Crippen LogP) is 1.33. The van der Waals surface area contributed by atoms with Gasteiger partial charge in [0, 0.05) is 6.08 Å².